The second kappa shape index (κ2) is 9.30. The van der Waals surface area contributed by atoms with Crippen LogP contribution >= 0.6 is 0 Å². The lowest BCUT2D eigenvalue weighted by Crippen LogP contribution is -2.44. The van der Waals surface area contributed by atoms with Crippen molar-refractivity contribution in [1.82, 2.24) is 10.9 Å². The van der Waals surface area contributed by atoms with Crippen LogP contribution in [0.25, 0.3) is 0 Å². The second-order valence-corrected chi connectivity index (χ2v) is 6.62. The van der Waals surface area contributed by atoms with Gasteiger partial charge in [-0.15, -0.1) is 0 Å². The van der Waals surface area contributed by atoms with Crippen molar-refractivity contribution < 1.29 is 14.3 Å². The second-order valence-electron chi connectivity index (χ2n) is 6.62. The number of nitrogens with one attached hydrogen (secondary N) is 2. The Hall–Kier alpha value is -2.04. The van der Waals surface area contributed by atoms with Crippen LogP contribution in [0, 0.1) is 5.92 Å². The minimum Gasteiger partial charge on any atom is -0.484 e. The van der Waals surface area contributed by atoms with Crippen molar-refractivity contribution in [3.63, 3.8) is 0 Å². The van der Waals surface area contributed by atoms with Crippen molar-refractivity contribution in [1.29, 1.82) is 0 Å². The Balaban J connectivity index is 1.66. The first-order valence-corrected chi connectivity index (χ1v) is 8.89. The predicted octanol–water partition coefficient (Wildman–Crippen LogP) is 3.31. The quantitative estimate of drug-likeness (QED) is 0.753. The highest BCUT2D eigenvalue weighted by Crippen LogP contribution is 2.27. The SMILES string of the molecule is CCC(C)c1ccc(OCC(=O)NNC(=O)CC2CCCC2)cc1. The molecule has 1 aliphatic carbocycles. The summed E-state index contributed by atoms with van der Waals surface area (Å²) in [5.41, 5.74) is 6.12. The van der Waals surface area contributed by atoms with Crippen LogP contribution in [-0.4, -0.2) is 18.4 Å². The Kier molecular flexibility index (Phi) is 7.09. The van der Waals surface area contributed by atoms with Gasteiger partial charge in [-0.05, 0) is 48.8 Å². The summed E-state index contributed by atoms with van der Waals surface area (Å²) in [5, 5.41) is 0. The fourth-order valence-electron chi connectivity index (χ4n) is 2.98. The highest BCUT2D eigenvalue weighted by molar-refractivity contribution is 5.82. The summed E-state index contributed by atoms with van der Waals surface area (Å²) in [7, 11) is 0. The largest absolute Gasteiger partial charge is 0.484 e. The molecule has 0 spiro atoms. The zero-order chi connectivity index (χ0) is 17.4. The van der Waals surface area contributed by atoms with E-state index in [4.69, 9.17) is 4.74 Å². The van der Waals surface area contributed by atoms with Gasteiger partial charge >= 0.3 is 0 Å². The van der Waals surface area contributed by atoms with Crippen LogP contribution in [-0.2, 0) is 9.59 Å². The zero-order valence-corrected chi connectivity index (χ0v) is 14.6. The van der Waals surface area contributed by atoms with Gasteiger partial charge < -0.3 is 4.74 Å². The normalized spacial score (nSPS) is 15.8. The fourth-order valence-corrected chi connectivity index (χ4v) is 2.98. The lowest BCUT2D eigenvalue weighted by Gasteiger charge is -2.12. The molecular weight excluding hydrogens is 304 g/mol. The van der Waals surface area contributed by atoms with Crippen molar-refractivity contribution in [3.05, 3.63) is 29.8 Å². The molecule has 2 amide bonds. The number of carbonyl (C=O) groups is 2. The third-order valence-electron chi connectivity index (χ3n) is 4.72. The van der Waals surface area contributed by atoms with Crippen molar-refractivity contribution in [2.24, 2.45) is 5.92 Å². The molecule has 2 N–H and O–H groups in total. The number of rotatable bonds is 7. The van der Waals surface area contributed by atoms with Gasteiger partial charge in [0, 0.05) is 6.42 Å². The molecule has 1 atom stereocenters. The molecule has 1 aromatic carbocycles. The van der Waals surface area contributed by atoms with Gasteiger partial charge in [-0.3, -0.25) is 20.4 Å². The average Bonchev–Trinajstić information content (AvgIpc) is 3.10. The summed E-state index contributed by atoms with van der Waals surface area (Å²) in [6, 6.07) is 7.77. The molecule has 1 fully saturated rings. The molecule has 0 aromatic heterocycles. The smallest absolute Gasteiger partial charge is 0.276 e. The first-order valence-electron chi connectivity index (χ1n) is 8.89. The van der Waals surface area contributed by atoms with Crippen molar-refractivity contribution in [3.8, 4) is 5.75 Å². The number of benzene rings is 1. The van der Waals surface area contributed by atoms with Crippen molar-refractivity contribution >= 4 is 11.8 Å². The number of carbonyl (C=O) groups excluding carboxylic acids is 2. The predicted molar refractivity (Wildman–Crippen MR) is 93.5 cm³/mol. The number of amides is 2. The summed E-state index contributed by atoms with van der Waals surface area (Å²) in [5.74, 6) is 1.13. The summed E-state index contributed by atoms with van der Waals surface area (Å²) in [6.45, 7) is 4.21. The molecule has 5 nitrogen and oxygen atoms in total. The summed E-state index contributed by atoms with van der Waals surface area (Å²) >= 11 is 0. The summed E-state index contributed by atoms with van der Waals surface area (Å²) in [6.07, 6.45) is 6.19. The molecule has 1 aromatic rings. The molecule has 2 rings (SSSR count). The van der Waals surface area contributed by atoms with Crippen LogP contribution in [0.4, 0.5) is 0 Å². The molecule has 0 saturated heterocycles. The van der Waals surface area contributed by atoms with Crippen molar-refractivity contribution in [2.75, 3.05) is 6.61 Å². The number of hydrazine groups is 1. The zero-order valence-electron chi connectivity index (χ0n) is 14.6. The van der Waals surface area contributed by atoms with Gasteiger partial charge in [0.1, 0.15) is 5.75 Å². The maximum atomic E-state index is 11.7. The van der Waals surface area contributed by atoms with E-state index in [2.05, 4.69) is 24.7 Å². The minimum atomic E-state index is -0.360. The standard InChI is InChI=1S/C19H28N2O3/c1-3-14(2)16-8-10-17(11-9-16)24-13-19(23)21-20-18(22)12-15-6-4-5-7-15/h8-11,14-15H,3-7,12-13H2,1-2H3,(H,20,22)(H,21,23). The average molecular weight is 332 g/mol. The van der Waals surface area contributed by atoms with Gasteiger partial charge in [0.25, 0.3) is 5.91 Å². The molecule has 0 bridgehead atoms. The highest BCUT2D eigenvalue weighted by Gasteiger charge is 2.18. The maximum absolute atomic E-state index is 11.7. The Labute approximate surface area is 144 Å². The van der Waals surface area contributed by atoms with Gasteiger partial charge in [-0.25, -0.2) is 0 Å². The van der Waals surface area contributed by atoms with E-state index in [0.717, 1.165) is 19.3 Å². The highest BCUT2D eigenvalue weighted by atomic mass is 16.5. The van der Waals surface area contributed by atoms with Gasteiger partial charge in [0.2, 0.25) is 5.91 Å². The summed E-state index contributed by atoms with van der Waals surface area (Å²) in [4.78, 5) is 23.5. The van der Waals surface area contributed by atoms with Crippen LogP contribution in [0.5, 0.6) is 5.75 Å². The molecule has 5 heteroatoms. The molecule has 0 aliphatic heterocycles. The third kappa shape index (κ3) is 5.87. The van der Waals surface area contributed by atoms with Gasteiger partial charge in [0.15, 0.2) is 6.61 Å². The lowest BCUT2D eigenvalue weighted by molar-refractivity contribution is -0.130. The van der Waals surface area contributed by atoms with E-state index >= 15 is 0 Å². The first-order chi connectivity index (χ1) is 11.6. The van der Waals surface area contributed by atoms with E-state index in [1.54, 1.807) is 0 Å². The van der Waals surface area contributed by atoms with E-state index in [1.165, 1.54) is 18.4 Å². The maximum Gasteiger partial charge on any atom is 0.276 e. The topological polar surface area (TPSA) is 67.4 Å². The van der Waals surface area contributed by atoms with E-state index in [1.807, 2.05) is 24.3 Å². The molecule has 1 unspecified atom stereocenters. The number of hydrogen-bond donors (Lipinski definition) is 2. The number of hydrogen-bond acceptors (Lipinski definition) is 3. The Morgan fingerprint density at radius 2 is 1.75 bits per heavy atom. The lowest BCUT2D eigenvalue weighted by atomic mass is 9.99. The van der Waals surface area contributed by atoms with Crippen LogP contribution in [0.1, 0.15) is 63.9 Å². The van der Waals surface area contributed by atoms with Gasteiger partial charge in [-0.1, -0.05) is 38.8 Å². The minimum absolute atomic E-state index is 0.119. The van der Waals surface area contributed by atoms with Crippen molar-refractivity contribution in [2.45, 2.75) is 58.3 Å². The fraction of sp³-hybridized carbons (Fsp3) is 0.579. The Bertz CT molecular complexity index is 536. The Morgan fingerprint density at radius 1 is 1.12 bits per heavy atom. The monoisotopic (exact) mass is 332 g/mol. The van der Waals surface area contributed by atoms with E-state index in [0.29, 0.717) is 24.0 Å². The van der Waals surface area contributed by atoms with E-state index in [-0.39, 0.29) is 18.4 Å². The first kappa shape index (κ1) is 18.3. The van der Waals surface area contributed by atoms with Gasteiger partial charge in [-0.2, -0.15) is 0 Å². The molecule has 0 heterocycles. The van der Waals surface area contributed by atoms with Crippen LogP contribution in [0.3, 0.4) is 0 Å². The molecule has 1 saturated carbocycles. The molecule has 132 valence electrons. The van der Waals surface area contributed by atoms with Crippen LogP contribution in [0.2, 0.25) is 0 Å². The molecular formula is C19H28N2O3. The molecule has 24 heavy (non-hydrogen) atoms. The molecule has 0 radical (unpaired) electrons. The van der Waals surface area contributed by atoms with E-state index < -0.39 is 0 Å². The van der Waals surface area contributed by atoms with Crippen LogP contribution in [0.15, 0.2) is 24.3 Å². The Morgan fingerprint density at radius 3 is 2.38 bits per heavy atom. The van der Waals surface area contributed by atoms with Crippen LogP contribution < -0.4 is 15.6 Å². The molecule has 1 aliphatic rings. The summed E-state index contributed by atoms with van der Waals surface area (Å²) < 4.78 is 5.44. The van der Waals surface area contributed by atoms with Gasteiger partial charge in [0.05, 0.1) is 0 Å². The number of ether oxygens (including phenoxy) is 1. The van der Waals surface area contributed by atoms with E-state index in [9.17, 15) is 9.59 Å². The third-order valence-corrected chi connectivity index (χ3v) is 4.72.